The first kappa shape index (κ1) is 23.9. The van der Waals surface area contributed by atoms with Crippen molar-refractivity contribution in [2.75, 3.05) is 27.7 Å². The first-order valence-electron chi connectivity index (χ1n) is 10.8. The number of rotatable bonds is 9. The van der Waals surface area contributed by atoms with E-state index < -0.39 is 0 Å². The Morgan fingerprint density at radius 2 is 1.81 bits per heavy atom. The molecule has 0 unspecified atom stereocenters. The van der Waals surface area contributed by atoms with Crippen molar-refractivity contribution in [2.45, 2.75) is 39.8 Å². The van der Waals surface area contributed by atoms with Gasteiger partial charge in [-0.05, 0) is 46.3 Å². The van der Waals surface area contributed by atoms with Gasteiger partial charge in [-0.1, -0.05) is 30.3 Å². The van der Waals surface area contributed by atoms with Gasteiger partial charge in [0.2, 0.25) is 0 Å². The van der Waals surface area contributed by atoms with E-state index in [0.29, 0.717) is 13.0 Å². The molecule has 170 valence electrons. The SMILES string of the molecule is Cc1nc(CN(C)C(=O)c2c(CCc3ccccc3)n(CCN(C)C)c(C)cc2=O)cs1. The van der Waals surface area contributed by atoms with Crippen LogP contribution in [0.2, 0.25) is 0 Å². The van der Waals surface area contributed by atoms with Crippen molar-refractivity contribution < 1.29 is 4.79 Å². The summed E-state index contributed by atoms with van der Waals surface area (Å²) >= 11 is 1.56. The average molecular weight is 453 g/mol. The zero-order valence-electron chi connectivity index (χ0n) is 19.6. The molecule has 0 aliphatic rings. The number of hydrogen-bond donors (Lipinski definition) is 0. The van der Waals surface area contributed by atoms with E-state index in [1.807, 2.05) is 51.5 Å². The molecule has 2 aromatic heterocycles. The van der Waals surface area contributed by atoms with Crippen LogP contribution in [0.1, 0.15) is 38.0 Å². The molecule has 0 N–H and O–H groups in total. The van der Waals surface area contributed by atoms with Gasteiger partial charge in [-0.15, -0.1) is 11.3 Å². The third kappa shape index (κ3) is 5.93. The second kappa shape index (κ2) is 10.7. The number of nitrogens with zero attached hydrogens (tertiary/aromatic N) is 4. The highest BCUT2D eigenvalue weighted by Crippen LogP contribution is 2.17. The summed E-state index contributed by atoms with van der Waals surface area (Å²) in [6.07, 6.45) is 1.39. The Labute approximate surface area is 194 Å². The van der Waals surface area contributed by atoms with Crippen molar-refractivity contribution in [3.63, 3.8) is 0 Å². The Balaban J connectivity index is 1.98. The molecule has 0 radical (unpaired) electrons. The van der Waals surface area contributed by atoms with Crippen LogP contribution in [0.3, 0.4) is 0 Å². The lowest BCUT2D eigenvalue weighted by atomic mass is 10.0. The number of pyridine rings is 1. The van der Waals surface area contributed by atoms with Gasteiger partial charge in [0.15, 0.2) is 5.43 Å². The van der Waals surface area contributed by atoms with Gasteiger partial charge in [-0.25, -0.2) is 4.98 Å². The summed E-state index contributed by atoms with van der Waals surface area (Å²) in [5, 5.41) is 2.92. The maximum absolute atomic E-state index is 13.5. The van der Waals surface area contributed by atoms with Gasteiger partial charge in [0.25, 0.3) is 5.91 Å². The van der Waals surface area contributed by atoms with Crippen molar-refractivity contribution in [1.82, 2.24) is 19.4 Å². The van der Waals surface area contributed by atoms with Crippen molar-refractivity contribution >= 4 is 17.2 Å². The second-order valence-electron chi connectivity index (χ2n) is 8.43. The molecule has 0 atom stereocenters. The van der Waals surface area contributed by atoms with Gasteiger partial charge in [-0.2, -0.15) is 0 Å². The number of likely N-dealkylation sites (N-methyl/N-ethyl adjacent to an activating group) is 1. The van der Waals surface area contributed by atoms with Crippen LogP contribution < -0.4 is 5.43 Å². The van der Waals surface area contributed by atoms with Crippen LogP contribution >= 0.6 is 11.3 Å². The molecule has 0 spiro atoms. The van der Waals surface area contributed by atoms with Gasteiger partial charge in [-0.3, -0.25) is 9.59 Å². The quantitative estimate of drug-likeness (QED) is 0.498. The Morgan fingerprint density at radius 1 is 1.09 bits per heavy atom. The van der Waals surface area contributed by atoms with E-state index in [1.165, 1.54) is 5.56 Å². The number of aryl methyl sites for hydroxylation is 3. The molecule has 0 fully saturated rings. The molecule has 2 heterocycles. The zero-order valence-corrected chi connectivity index (χ0v) is 20.4. The van der Waals surface area contributed by atoms with Crippen molar-refractivity contribution in [2.24, 2.45) is 0 Å². The topological polar surface area (TPSA) is 58.4 Å². The fourth-order valence-corrected chi connectivity index (χ4v) is 4.43. The minimum atomic E-state index is -0.248. The zero-order chi connectivity index (χ0) is 23.3. The van der Waals surface area contributed by atoms with Crippen molar-refractivity contribution in [3.05, 3.63) is 85.2 Å². The van der Waals surface area contributed by atoms with E-state index in [9.17, 15) is 9.59 Å². The summed E-state index contributed by atoms with van der Waals surface area (Å²) in [6, 6.07) is 11.8. The Bertz CT molecular complexity index is 1120. The number of thiazole rings is 1. The van der Waals surface area contributed by atoms with Crippen molar-refractivity contribution in [1.29, 1.82) is 0 Å². The highest BCUT2D eigenvalue weighted by atomic mass is 32.1. The monoisotopic (exact) mass is 452 g/mol. The average Bonchev–Trinajstić information content (AvgIpc) is 3.16. The van der Waals surface area contributed by atoms with E-state index >= 15 is 0 Å². The number of carbonyl (C=O) groups excluding carboxylic acids is 1. The van der Waals surface area contributed by atoms with Crippen LogP contribution in [0, 0.1) is 13.8 Å². The molecule has 3 rings (SSSR count). The summed E-state index contributed by atoms with van der Waals surface area (Å²) in [7, 11) is 5.79. The molecule has 1 aromatic carbocycles. The van der Waals surface area contributed by atoms with E-state index in [1.54, 1.807) is 29.4 Å². The first-order valence-corrected chi connectivity index (χ1v) is 11.7. The molecular weight excluding hydrogens is 420 g/mol. The van der Waals surface area contributed by atoms with Gasteiger partial charge in [0.05, 0.1) is 17.2 Å². The predicted molar refractivity (Wildman–Crippen MR) is 130 cm³/mol. The van der Waals surface area contributed by atoms with Crippen LogP contribution in [-0.2, 0) is 25.9 Å². The summed E-state index contributed by atoms with van der Waals surface area (Å²) in [6.45, 7) is 5.81. The molecule has 7 heteroatoms. The minimum Gasteiger partial charge on any atom is -0.347 e. The summed E-state index contributed by atoms with van der Waals surface area (Å²) in [5.41, 5.74) is 3.79. The smallest absolute Gasteiger partial charge is 0.259 e. The molecule has 0 bridgehead atoms. The van der Waals surface area contributed by atoms with Crippen LogP contribution in [-0.4, -0.2) is 52.9 Å². The second-order valence-corrected chi connectivity index (χ2v) is 9.49. The molecule has 3 aromatic rings. The van der Waals surface area contributed by atoms with E-state index in [-0.39, 0.29) is 16.9 Å². The Hall–Kier alpha value is -2.77. The van der Waals surface area contributed by atoms with Gasteiger partial charge in [0, 0.05) is 43.0 Å². The van der Waals surface area contributed by atoms with E-state index in [2.05, 4.69) is 26.6 Å². The standard InChI is InChI=1S/C25H32N4O2S/c1-18-15-23(30)24(25(31)28(5)16-21-17-32-19(2)26-21)22(29(18)14-13-27(3)4)12-11-20-9-7-6-8-10-20/h6-10,15,17H,11-14,16H2,1-5H3. The molecule has 0 saturated heterocycles. The molecule has 1 amide bonds. The number of benzene rings is 1. The van der Waals surface area contributed by atoms with Crippen LogP contribution in [0.4, 0.5) is 0 Å². The summed E-state index contributed by atoms with van der Waals surface area (Å²) in [5.74, 6) is -0.248. The number of carbonyl (C=O) groups is 1. The Morgan fingerprint density at radius 3 is 2.44 bits per heavy atom. The normalized spacial score (nSPS) is 11.2. The van der Waals surface area contributed by atoms with Gasteiger partial charge < -0.3 is 14.4 Å². The molecular formula is C25H32N4O2S. The highest BCUT2D eigenvalue weighted by molar-refractivity contribution is 7.09. The third-order valence-electron chi connectivity index (χ3n) is 5.52. The lowest BCUT2D eigenvalue weighted by Crippen LogP contribution is -2.35. The largest absolute Gasteiger partial charge is 0.347 e. The first-order chi connectivity index (χ1) is 15.3. The van der Waals surface area contributed by atoms with Crippen molar-refractivity contribution in [3.8, 4) is 0 Å². The third-order valence-corrected chi connectivity index (χ3v) is 6.34. The van der Waals surface area contributed by atoms with E-state index in [4.69, 9.17) is 0 Å². The molecule has 0 aliphatic carbocycles. The molecule has 0 saturated carbocycles. The molecule has 6 nitrogen and oxygen atoms in total. The Kier molecular flexibility index (Phi) is 7.99. The van der Waals surface area contributed by atoms with Gasteiger partial charge >= 0.3 is 0 Å². The maximum atomic E-state index is 13.5. The van der Waals surface area contributed by atoms with Gasteiger partial charge in [0.1, 0.15) is 5.56 Å². The summed E-state index contributed by atoms with van der Waals surface area (Å²) in [4.78, 5) is 34.7. The lowest BCUT2D eigenvalue weighted by molar-refractivity contribution is 0.0780. The molecule has 0 aliphatic heterocycles. The number of hydrogen-bond acceptors (Lipinski definition) is 5. The van der Waals surface area contributed by atoms with Crippen LogP contribution in [0.25, 0.3) is 0 Å². The lowest BCUT2D eigenvalue weighted by Gasteiger charge is -2.24. The fraction of sp³-hybridized carbons (Fsp3) is 0.400. The minimum absolute atomic E-state index is 0.210. The van der Waals surface area contributed by atoms with E-state index in [0.717, 1.165) is 41.6 Å². The predicted octanol–water partition coefficient (Wildman–Crippen LogP) is 3.54. The number of aromatic nitrogens is 2. The van der Waals surface area contributed by atoms with Crippen LogP contribution in [0.5, 0.6) is 0 Å². The highest BCUT2D eigenvalue weighted by Gasteiger charge is 2.23. The summed E-state index contributed by atoms with van der Waals surface area (Å²) < 4.78 is 2.14. The van der Waals surface area contributed by atoms with Crippen LogP contribution in [0.15, 0.2) is 46.6 Å². The maximum Gasteiger partial charge on any atom is 0.259 e. The fourth-order valence-electron chi connectivity index (χ4n) is 3.82. The number of amides is 1. The molecule has 32 heavy (non-hydrogen) atoms.